The van der Waals surface area contributed by atoms with Gasteiger partial charge < -0.3 is 24.3 Å². The summed E-state index contributed by atoms with van der Waals surface area (Å²) in [5.41, 5.74) is 2.18. The number of nitrogens with zero attached hydrogens (tertiary/aromatic N) is 1. The largest absolute Gasteiger partial charge is 0.497 e. The predicted octanol–water partition coefficient (Wildman–Crippen LogP) is 3.11. The van der Waals surface area contributed by atoms with Gasteiger partial charge in [0, 0.05) is 42.9 Å². The molecule has 0 radical (unpaired) electrons. The normalized spacial score (nSPS) is 15.2. The second-order valence-corrected chi connectivity index (χ2v) is 6.76. The van der Waals surface area contributed by atoms with Crippen LogP contribution in [0.3, 0.4) is 0 Å². The van der Waals surface area contributed by atoms with E-state index < -0.39 is 0 Å². The fourth-order valence-corrected chi connectivity index (χ4v) is 3.77. The standard InChI is InChI=1S/C22H30N2O4/c1-25-16-6-8-18(20(14-16)27-3)22(24-12-5-10-23-11-13-24)19-9-7-17(26-2)15-21(19)28-4/h6-9,14-15,22-23H,5,10-13H2,1-4H3. The van der Waals surface area contributed by atoms with Crippen LogP contribution in [0, 0.1) is 0 Å². The van der Waals surface area contributed by atoms with Gasteiger partial charge in [-0.05, 0) is 37.2 Å². The van der Waals surface area contributed by atoms with Gasteiger partial charge in [0.15, 0.2) is 0 Å². The van der Waals surface area contributed by atoms with E-state index in [0.717, 1.165) is 66.7 Å². The fourth-order valence-electron chi connectivity index (χ4n) is 3.77. The Morgan fingerprint density at radius 3 is 1.82 bits per heavy atom. The summed E-state index contributed by atoms with van der Waals surface area (Å²) >= 11 is 0. The molecule has 0 aliphatic carbocycles. The van der Waals surface area contributed by atoms with E-state index in [2.05, 4.69) is 22.3 Å². The highest BCUT2D eigenvalue weighted by Gasteiger charge is 2.29. The average molecular weight is 386 g/mol. The van der Waals surface area contributed by atoms with Gasteiger partial charge in [-0.3, -0.25) is 4.90 Å². The maximum Gasteiger partial charge on any atom is 0.127 e. The third kappa shape index (κ3) is 4.34. The third-order valence-electron chi connectivity index (χ3n) is 5.21. The van der Waals surface area contributed by atoms with Crippen LogP contribution >= 0.6 is 0 Å². The number of ether oxygens (including phenoxy) is 4. The Morgan fingerprint density at radius 1 is 0.750 bits per heavy atom. The van der Waals surface area contributed by atoms with Gasteiger partial charge in [-0.2, -0.15) is 0 Å². The summed E-state index contributed by atoms with van der Waals surface area (Å²) in [6, 6.07) is 12.0. The molecule has 1 aliphatic heterocycles. The van der Waals surface area contributed by atoms with E-state index in [-0.39, 0.29) is 6.04 Å². The first-order valence-electron chi connectivity index (χ1n) is 9.60. The zero-order chi connectivity index (χ0) is 19.9. The molecule has 1 N–H and O–H groups in total. The van der Waals surface area contributed by atoms with Crippen LogP contribution in [0.1, 0.15) is 23.6 Å². The number of rotatable bonds is 7. The van der Waals surface area contributed by atoms with Crippen molar-refractivity contribution in [3.63, 3.8) is 0 Å². The first-order chi connectivity index (χ1) is 13.7. The topological polar surface area (TPSA) is 52.2 Å². The van der Waals surface area contributed by atoms with E-state index in [1.165, 1.54) is 0 Å². The Hall–Kier alpha value is -2.44. The van der Waals surface area contributed by atoms with Crippen molar-refractivity contribution in [1.29, 1.82) is 0 Å². The molecular weight excluding hydrogens is 356 g/mol. The minimum absolute atomic E-state index is 0.00149. The molecule has 1 saturated heterocycles. The molecule has 3 rings (SSSR count). The monoisotopic (exact) mass is 386 g/mol. The van der Waals surface area contributed by atoms with Crippen molar-refractivity contribution in [2.45, 2.75) is 12.5 Å². The Bertz CT molecular complexity index is 718. The molecule has 0 atom stereocenters. The summed E-state index contributed by atoms with van der Waals surface area (Å²) in [6.45, 7) is 3.91. The van der Waals surface area contributed by atoms with Crippen LogP contribution < -0.4 is 24.3 Å². The number of nitrogens with one attached hydrogen (secondary N) is 1. The number of hydrogen-bond donors (Lipinski definition) is 1. The predicted molar refractivity (Wildman–Crippen MR) is 110 cm³/mol. The van der Waals surface area contributed by atoms with Crippen LogP contribution in [0.15, 0.2) is 36.4 Å². The van der Waals surface area contributed by atoms with Gasteiger partial charge >= 0.3 is 0 Å². The van der Waals surface area contributed by atoms with E-state index in [4.69, 9.17) is 18.9 Å². The summed E-state index contributed by atoms with van der Waals surface area (Å²) in [6.07, 6.45) is 1.09. The van der Waals surface area contributed by atoms with Gasteiger partial charge in [0.2, 0.25) is 0 Å². The molecule has 0 bridgehead atoms. The molecule has 1 fully saturated rings. The van der Waals surface area contributed by atoms with Crippen LogP contribution in [0.25, 0.3) is 0 Å². The number of benzene rings is 2. The molecule has 1 aliphatic rings. The zero-order valence-corrected chi connectivity index (χ0v) is 17.2. The van der Waals surface area contributed by atoms with Crippen molar-refractivity contribution in [1.82, 2.24) is 10.2 Å². The lowest BCUT2D eigenvalue weighted by Gasteiger charge is -2.33. The van der Waals surface area contributed by atoms with Crippen molar-refractivity contribution in [2.75, 3.05) is 54.6 Å². The van der Waals surface area contributed by atoms with Crippen molar-refractivity contribution in [3.05, 3.63) is 47.5 Å². The van der Waals surface area contributed by atoms with Crippen molar-refractivity contribution in [2.24, 2.45) is 0 Å². The molecule has 0 aromatic heterocycles. The zero-order valence-electron chi connectivity index (χ0n) is 17.2. The van der Waals surface area contributed by atoms with Gasteiger partial charge in [-0.25, -0.2) is 0 Å². The smallest absolute Gasteiger partial charge is 0.127 e. The van der Waals surface area contributed by atoms with E-state index >= 15 is 0 Å². The highest BCUT2D eigenvalue weighted by Crippen LogP contribution is 2.41. The highest BCUT2D eigenvalue weighted by atomic mass is 16.5. The van der Waals surface area contributed by atoms with Gasteiger partial charge in [0.05, 0.1) is 34.5 Å². The Morgan fingerprint density at radius 2 is 1.32 bits per heavy atom. The summed E-state index contributed by atoms with van der Waals surface area (Å²) in [5, 5.41) is 3.48. The number of hydrogen-bond acceptors (Lipinski definition) is 6. The lowest BCUT2D eigenvalue weighted by molar-refractivity contribution is 0.231. The highest BCUT2D eigenvalue weighted by molar-refractivity contribution is 5.51. The van der Waals surface area contributed by atoms with E-state index in [1.54, 1.807) is 28.4 Å². The van der Waals surface area contributed by atoms with E-state index in [1.807, 2.05) is 24.3 Å². The van der Waals surface area contributed by atoms with Crippen LogP contribution in [0.2, 0.25) is 0 Å². The van der Waals surface area contributed by atoms with Gasteiger partial charge in [0.1, 0.15) is 23.0 Å². The average Bonchev–Trinajstić information content (AvgIpc) is 3.03. The third-order valence-corrected chi connectivity index (χ3v) is 5.21. The molecule has 28 heavy (non-hydrogen) atoms. The van der Waals surface area contributed by atoms with Gasteiger partial charge in [-0.1, -0.05) is 0 Å². The first kappa shape index (κ1) is 20.3. The van der Waals surface area contributed by atoms with Crippen LogP contribution in [-0.2, 0) is 0 Å². The second-order valence-electron chi connectivity index (χ2n) is 6.76. The molecular formula is C22H30N2O4. The van der Waals surface area contributed by atoms with Crippen LogP contribution in [0.4, 0.5) is 0 Å². The maximum atomic E-state index is 5.74. The minimum atomic E-state index is 0.00149. The quantitative estimate of drug-likeness (QED) is 0.789. The van der Waals surface area contributed by atoms with E-state index in [9.17, 15) is 0 Å². The summed E-state index contributed by atoms with van der Waals surface area (Å²) < 4.78 is 22.3. The Labute approximate surface area is 167 Å². The van der Waals surface area contributed by atoms with Gasteiger partial charge in [0.25, 0.3) is 0 Å². The van der Waals surface area contributed by atoms with Crippen molar-refractivity contribution in [3.8, 4) is 23.0 Å². The minimum Gasteiger partial charge on any atom is -0.497 e. The molecule has 2 aromatic carbocycles. The van der Waals surface area contributed by atoms with Crippen LogP contribution in [-0.4, -0.2) is 59.5 Å². The van der Waals surface area contributed by atoms with Crippen molar-refractivity contribution >= 4 is 0 Å². The maximum absolute atomic E-state index is 5.74. The van der Waals surface area contributed by atoms with Gasteiger partial charge in [-0.15, -0.1) is 0 Å². The first-order valence-corrected chi connectivity index (χ1v) is 9.60. The second kappa shape index (κ2) is 9.66. The summed E-state index contributed by atoms with van der Waals surface area (Å²) in [5.74, 6) is 3.16. The molecule has 0 amide bonds. The SMILES string of the molecule is COc1ccc(C(c2ccc(OC)cc2OC)N2CCCNCC2)c(OC)c1. The van der Waals surface area contributed by atoms with Crippen LogP contribution in [0.5, 0.6) is 23.0 Å². The lowest BCUT2D eigenvalue weighted by Crippen LogP contribution is -2.33. The molecule has 0 spiro atoms. The molecule has 152 valence electrons. The Kier molecular flexibility index (Phi) is 7.01. The Balaban J connectivity index is 2.13. The summed E-state index contributed by atoms with van der Waals surface area (Å²) in [4.78, 5) is 2.48. The molecule has 2 aromatic rings. The molecule has 6 nitrogen and oxygen atoms in total. The fraction of sp³-hybridized carbons (Fsp3) is 0.455. The summed E-state index contributed by atoms with van der Waals surface area (Å²) in [7, 11) is 6.73. The molecule has 6 heteroatoms. The lowest BCUT2D eigenvalue weighted by atomic mass is 9.94. The molecule has 0 unspecified atom stereocenters. The molecule has 0 saturated carbocycles. The van der Waals surface area contributed by atoms with E-state index in [0.29, 0.717) is 0 Å². The molecule has 1 heterocycles. The van der Waals surface area contributed by atoms with Crippen molar-refractivity contribution < 1.29 is 18.9 Å². The number of methoxy groups -OCH3 is 4.